The van der Waals surface area contributed by atoms with Gasteiger partial charge in [0, 0.05) is 10.7 Å². The lowest BCUT2D eigenvalue weighted by Crippen LogP contribution is -2.14. The number of aromatic nitrogens is 1. The van der Waals surface area contributed by atoms with Crippen LogP contribution in [-0.4, -0.2) is 13.4 Å². The Balaban J connectivity index is 2.33. The van der Waals surface area contributed by atoms with E-state index in [1.54, 1.807) is 36.5 Å². The molecule has 0 bridgehead atoms. The van der Waals surface area contributed by atoms with Crippen LogP contribution in [0.4, 0.5) is 5.82 Å². The number of pyridine rings is 1. The van der Waals surface area contributed by atoms with E-state index in [1.807, 2.05) is 29.5 Å². The minimum atomic E-state index is -3.60. The summed E-state index contributed by atoms with van der Waals surface area (Å²) in [5.41, 5.74) is 1.01. The average Bonchev–Trinajstić information content (AvgIpc) is 2.33. The first-order valence-electron chi connectivity index (χ1n) is 5.29. The number of benzene rings is 1. The van der Waals surface area contributed by atoms with E-state index in [-0.39, 0.29) is 4.90 Å². The van der Waals surface area contributed by atoms with Gasteiger partial charge in [0.25, 0.3) is 10.0 Å². The fourth-order valence-corrected chi connectivity index (χ4v) is 3.97. The molecule has 1 heterocycles. The Morgan fingerprint density at radius 1 is 1.26 bits per heavy atom. The fraction of sp³-hybridized carbons (Fsp3) is 0.0833. The number of anilines is 1. The van der Waals surface area contributed by atoms with Crippen LogP contribution in [0, 0.1) is 10.5 Å². The van der Waals surface area contributed by atoms with Gasteiger partial charge in [0.05, 0.1) is 8.47 Å². The number of hydrogen-bond acceptors (Lipinski definition) is 3. The summed E-state index contributed by atoms with van der Waals surface area (Å²) in [7, 11) is -3.60. The summed E-state index contributed by atoms with van der Waals surface area (Å²) in [4.78, 5) is 4.28. The standard InChI is InChI=1S/C12H10BrIN2O2S/c1-8-2-4-10(5-3-8)19(17,18)16-12-11(14)6-9(13)7-15-12/h2-7H,1H3,(H,15,16). The Hall–Kier alpha value is -0.670. The van der Waals surface area contributed by atoms with Gasteiger partial charge in [0.2, 0.25) is 0 Å². The molecular weight excluding hydrogens is 443 g/mol. The normalized spacial score (nSPS) is 11.3. The molecule has 0 radical (unpaired) electrons. The molecule has 7 heteroatoms. The van der Waals surface area contributed by atoms with E-state index in [0.717, 1.165) is 13.6 Å². The Bertz CT molecular complexity index is 702. The Labute approximate surface area is 134 Å². The molecule has 0 saturated carbocycles. The van der Waals surface area contributed by atoms with Crippen molar-refractivity contribution in [2.45, 2.75) is 11.8 Å². The lowest BCUT2D eigenvalue weighted by molar-refractivity contribution is 0.601. The number of rotatable bonds is 3. The third-order valence-electron chi connectivity index (χ3n) is 2.37. The Morgan fingerprint density at radius 2 is 1.89 bits per heavy atom. The molecule has 2 aromatic rings. The second kappa shape index (κ2) is 5.76. The molecule has 0 atom stereocenters. The van der Waals surface area contributed by atoms with Crippen LogP contribution in [-0.2, 0) is 10.0 Å². The molecule has 0 aliphatic rings. The molecule has 0 aliphatic heterocycles. The van der Waals surface area contributed by atoms with Crippen LogP contribution in [0.25, 0.3) is 0 Å². The maximum Gasteiger partial charge on any atom is 0.263 e. The van der Waals surface area contributed by atoms with E-state index in [2.05, 4.69) is 25.6 Å². The van der Waals surface area contributed by atoms with E-state index in [0.29, 0.717) is 5.82 Å². The number of aryl methyl sites for hydroxylation is 1. The van der Waals surface area contributed by atoms with Crippen molar-refractivity contribution in [2.75, 3.05) is 4.72 Å². The Kier molecular flexibility index (Phi) is 4.46. The zero-order valence-electron chi connectivity index (χ0n) is 9.89. The lowest BCUT2D eigenvalue weighted by Gasteiger charge is -2.09. The molecule has 0 amide bonds. The summed E-state index contributed by atoms with van der Waals surface area (Å²) in [5.74, 6) is 0.323. The quantitative estimate of drug-likeness (QED) is 0.724. The third kappa shape index (κ3) is 3.67. The van der Waals surface area contributed by atoms with Crippen LogP contribution in [0.2, 0.25) is 0 Å². The van der Waals surface area contributed by atoms with E-state index in [4.69, 9.17) is 0 Å². The summed E-state index contributed by atoms with van der Waals surface area (Å²) in [6, 6.07) is 8.45. The lowest BCUT2D eigenvalue weighted by atomic mass is 10.2. The van der Waals surface area contributed by atoms with Crippen molar-refractivity contribution in [3.63, 3.8) is 0 Å². The molecule has 0 fully saturated rings. The largest absolute Gasteiger partial charge is 0.263 e. The maximum absolute atomic E-state index is 12.2. The SMILES string of the molecule is Cc1ccc(S(=O)(=O)Nc2ncc(Br)cc2I)cc1. The molecule has 0 unspecified atom stereocenters. The molecular formula is C12H10BrIN2O2S. The van der Waals surface area contributed by atoms with Gasteiger partial charge in [-0.25, -0.2) is 13.4 Å². The fourth-order valence-electron chi connectivity index (χ4n) is 1.39. The molecule has 2 rings (SSSR count). The van der Waals surface area contributed by atoms with Crippen molar-refractivity contribution in [1.29, 1.82) is 0 Å². The van der Waals surface area contributed by atoms with Gasteiger partial charge in [-0.3, -0.25) is 4.72 Å². The highest BCUT2D eigenvalue weighted by Crippen LogP contribution is 2.22. The topological polar surface area (TPSA) is 59.1 Å². The molecule has 19 heavy (non-hydrogen) atoms. The van der Waals surface area contributed by atoms with Crippen LogP contribution in [0.1, 0.15) is 5.56 Å². The van der Waals surface area contributed by atoms with Crippen molar-refractivity contribution in [2.24, 2.45) is 0 Å². The van der Waals surface area contributed by atoms with Gasteiger partial charge in [-0.2, -0.15) is 0 Å². The van der Waals surface area contributed by atoms with E-state index >= 15 is 0 Å². The van der Waals surface area contributed by atoms with E-state index in [1.165, 1.54) is 0 Å². The summed E-state index contributed by atoms with van der Waals surface area (Å²) >= 11 is 5.32. The van der Waals surface area contributed by atoms with Gasteiger partial charge in [0.1, 0.15) is 0 Å². The van der Waals surface area contributed by atoms with Gasteiger partial charge in [-0.05, 0) is 63.6 Å². The van der Waals surface area contributed by atoms with Crippen LogP contribution in [0.15, 0.2) is 45.9 Å². The van der Waals surface area contributed by atoms with Crippen LogP contribution in [0.3, 0.4) is 0 Å². The van der Waals surface area contributed by atoms with E-state index in [9.17, 15) is 8.42 Å². The zero-order chi connectivity index (χ0) is 14.0. The maximum atomic E-state index is 12.2. The first-order valence-corrected chi connectivity index (χ1v) is 8.64. The molecule has 1 aromatic heterocycles. The number of nitrogens with zero attached hydrogens (tertiary/aromatic N) is 1. The van der Waals surface area contributed by atoms with Gasteiger partial charge in [-0.15, -0.1) is 0 Å². The predicted octanol–water partition coefficient (Wildman–Crippen LogP) is 3.56. The second-order valence-electron chi connectivity index (χ2n) is 3.90. The predicted molar refractivity (Wildman–Crippen MR) is 86.6 cm³/mol. The van der Waals surface area contributed by atoms with Gasteiger partial charge >= 0.3 is 0 Å². The molecule has 0 spiro atoms. The smallest absolute Gasteiger partial charge is 0.262 e. The highest BCUT2D eigenvalue weighted by molar-refractivity contribution is 14.1. The first-order chi connectivity index (χ1) is 8.88. The molecule has 100 valence electrons. The summed E-state index contributed by atoms with van der Waals surface area (Å²) in [6.45, 7) is 1.91. The van der Waals surface area contributed by atoms with Crippen LogP contribution < -0.4 is 4.72 Å². The summed E-state index contributed by atoms with van der Waals surface area (Å²) < 4.78 is 28.4. The highest BCUT2D eigenvalue weighted by atomic mass is 127. The Morgan fingerprint density at radius 3 is 2.47 bits per heavy atom. The monoisotopic (exact) mass is 452 g/mol. The first kappa shape index (κ1) is 14.7. The van der Waals surface area contributed by atoms with Crippen molar-refractivity contribution in [3.05, 3.63) is 50.1 Å². The van der Waals surface area contributed by atoms with Crippen LogP contribution in [0.5, 0.6) is 0 Å². The summed E-state index contributed by atoms with van der Waals surface area (Å²) in [6.07, 6.45) is 1.55. The summed E-state index contributed by atoms with van der Waals surface area (Å²) in [5, 5.41) is 0. The average molecular weight is 453 g/mol. The van der Waals surface area contributed by atoms with Gasteiger partial charge in [0.15, 0.2) is 5.82 Å². The van der Waals surface area contributed by atoms with Crippen molar-refractivity contribution in [1.82, 2.24) is 4.98 Å². The molecule has 1 N–H and O–H groups in total. The number of hydrogen-bond donors (Lipinski definition) is 1. The minimum Gasteiger partial charge on any atom is -0.262 e. The molecule has 1 aromatic carbocycles. The number of halogens is 2. The molecule has 4 nitrogen and oxygen atoms in total. The second-order valence-corrected chi connectivity index (χ2v) is 7.66. The van der Waals surface area contributed by atoms with Crippen molar-refractivity contribution < 1.29 is 8.42 Å². The van der Waals surface area contributed by atoms with Crippen molar-refractivity contribution >= 4 is 54.4 Å². The van der Waals surface area contributed by atoms with E-state index < -0.39 is 10.0 Å². The van der Waals surface area contributed by atoms with Crippen molar-refractivity contribution in [3.8, 4) is 0 Å². The highest BCUT2D eigenvalue weighted by Gasteiger charge is 2.16. The molecule has 0 saturated heterocycles. The third-order valence-corrected chi connectivity index (χ3v) is 4.98. The van der Waals surface area contributed by atoms with Gasteiger partial charge < -0.3 is 0 Å². The van der Waals surface area contributed by atoms with Gasteiger partial charge in [-0.1, -0.05) is 17.7 Å². The minimum absolute atomic E-state index is 0.221. The molecule has 0 aliphatic carbocycles. The zero-order valence-corrected chi connectivity index (χ0v) is 14.5. The van der Waals surface area contributed by atoms with Crippen LogP contribution >= 0.6 is 38.5 Å². The number of sulfonamides is 1. The number of nitrogens with one attached hydrogen (secondary N) is 1.